The van der Waals surface area contributed by atoms with E-state index in [2.05, 4.69) is 6.92 Å². The Morgan fingerprint density at radius 3 is 1.88 bits per heavy atom. The summed E-state index contributed by atoms with van der Waals surface area (Å²) in [4.78, 5) is 0. The lowest BCUT2D eigenvalue weighted by Gasteiger charge is -2.34. The Morgan fingerprint density at radius 2 is 1.38 bits per heavy atom. The number of furan rings is 1. The standard InChI is InChI=1S/C29H31O4P/c1-2-24(33-22-23-13-6-3-7-14-23)21-28(29(30)27-19-12-20-32-27)34(31,25-15-8-4-9-16-25)26-17-10-5-11-18-26/h3-20,24,28-30H,2,21-22H2,1H3/t24-,28-,29-/m1/s1. The van der Waals surface area contributed by atoms with Crippen LogP contribution in [-0.2, 0) is 15.9 Å². The molecule has 176 valence electrons. The molecule has 4 rings (SSSR count). The first kappa shape index (κ1) is 24.2. The van der Waals surface area contributed by atoms with Gasteiger partial charge in [0, 0.05) is 10.6 Å². The van der Waals surface area contributed by atoms with Gasteiger partial charge >= 0.3 is 0 Å². The van der Waals surface area contributed by atoms with Crippen molar-refractivity contribution >= 4 is 17.8 Å². The van der Waals surface area contributed by atoms with E-state index in [1.54, 1.807) is 12.1 Å². The van der Waals surface area contributed by atoms with Crippen LogP contribution in [0.4, 0.5) is 0 Å². The summed E-state index contributed by atoms with van der Waals surface area (Å²) >= 11 is 0. The molecule has 0 saturated heterocycles. The van der Waals surface area contributed by atoms with E-state index in [4.69, 9.17) is 9.15 Å². The van der Waals surface area contributed by atoms with Crippen molar-refractivity contribution in [2.75, 3.05) is 0 Å². The number of benzene rings is 3. The van der Waals surface area contributed by atoms with Crippen LogP contribution in [0.5, 0.6) is 0 Å². The van der Waals surface area contributed by atoms with E-state index in [-0.39, 0.29) is 6.10 Å². The Hall–Kier alpha value is -2.91. The second-order valence-corrected chi connectivity index (χ2v) is 11.4. The Morgan fingerprint density at radius 1 is 0.824 bits per heavy atom. The topological polar surface area (TPSA) is 59.7 Å². The molecular weight excluding hydrogens is 443 g/mol. The first-order valence-electron chi connectivity index (χ1n) is 11.7. The molecule has 3 atom stereocenters. The van der Waals surface area contributed by atoms with Gasteiger partial charge in [-0.15, -0.1) is 0 Å². The number of ether oxygens (including phenoxy) is 1. The average molecular weight is 475 g/mol. The molecular formula is C29H31O4P. The zero-order chi connectivity index (χ0) is 23.8. The number of hydrogen-bond donors (Lipinski definition) is 1. The van der Waals surface area contributed by atoms with Crippen molar-refractivity contribution in [3.63, 3.8) is 0 Å². The minimum atomic E-state index is -3.28. The van der Waals surface area contributed by atoms with Crippen molar-refractivity contribution in [2.45, 2.75) is 44.2 Å². The Labute approximate surface area is 201 Å². The van der Waals surface area contributed by atoms with Crippen LogP contribution in [0.3, 0.4) is 0 Å². The molecule has 1 N–H and O–H groups in total. The quantitative estimate of drug-likeness (QED) is 0.268. The van der Waals surface area contributed by atoms with Gasteiger partial charge in [0.25, 0.3) is 0 Å². The number of aliphatic hydroxyl groups excluding tert-OH is 1. The molecule has 0 saturated carbocycles. The fourth-order valence-corrected chi connectivity index (χ4v) is 7.74. The summed E-state index contributed by atoms with van der Waals surface area (Å²) < 4.78 is 27.0. The van der Waals surface area contributed by atoms with Crippen molar-refractivity contribution in [3.8, 4) is 0 Å². The Bertz CT molecular complexity index is 1120. The van der Waals surface area contributed by atoms with Crippen LogP contribution >= 0.6 is 7.14 Å². The van der Waals surface area contributed by atoms with Crippen molar-refractivity contribution in [1.29, 1.82) is 0 Å². The minimum Gasteiger partial charge on any atom is -0.467 e. The number of hydrogen-bond acceptors (Lipinski definition) is 4. The van der Waals surface area contributed by atoms with Gasteiger partial charge in [0.15, 0.2) is 0 Å². The Balaban J connectivity index is 1.73. The van der Waals surface area contributed by atoms with Gasteiger partial charge in [-0.1, -0.05) is 97.9 Å². The summed E-state index contributed by atoms with van der Waals surface area (Å²) in [7, 11) is -3.28. The number of rotatable bonds is 11. The molecule has 0 spiro atoms. The van der Waals surface area contributed by atoms with Gasteiger partial charge in [-0.3, -0.25) is 0 Å². The highest BCUT2D eigenvalue weighted by molar-refractivity contribution is 7.79. The van der Waals surface area contributed by atoms with E-state index in [0.717, 1.165) is 22.6 Å². The zero-order valence-corrected chi connectivity index (χ0v) is 20.3. The number of aliphatic hydroxyl groups is 1. The van der Waals surface area contributed by atoms with Crippen molar-refractivity contribution in [1.82, 2.24) is 0 Å². The van der Waals surface area contributed by atoms with E-state index in [0.29, 0.717) is 18.8 Å². The molecule has 0 aliphatic heterocycles. The third-order valence-electron chi connectivity index (χ3n) is 6.23. The van der Waals surface area contributed by atoms with Crippen LogP contribution in [0.2, 0.25) is 0 Å². The van der Waals surface area contributed by atoms with Crippen molar-refractivity contribution in [3.05, 3.63) is 121 Å². The fraction of sp³-hybridized carbons (Fsp3) is 0.241. The van der Waals surface area contributed by atoms with Crippen LogP contribution in [0.15, 0.2) is 114 Å². The molecule has 0 unspecified atom stereocenters. The minimum absolute atomic E-state index is 0.185. The zero-order valence-electron chi connectivity index (χ0n) is 19.4. The van der Waals surface area contributed by atoms with Crippen LogP contribution in [0, 0.1) is 0 Å². The van der Waals surface area contributed by atoms with Crippen LogP contribution < -0.4 is 10.6 Å². The molecule has 1 heterocycles. The van der Waals surface area contributed by atoms with Gasteiger partial charge in [0.1, 0.15) is 19.0 Å². The summed E-state index contributed by atoms with van der Waals surface area (Å²) in [6.07, 6.45) is 1.46. The SMILES string of the molecule is CC[C@H](C[C@H]([C@H](O)c1ccco1)P(=O)(c1ccccc1)c1ccccc1)OCc1ccccc1. The summed E-state index contributed by atoms with van der Waals surface area (Å²) in [5, 5.41) is 13.0. The highest BCUT2D eigenvalue weighted by Gasteiger charge is 2.43. The predicted molar refractivity (Wildman–Crippen MR) is 137 cm³/mol. The molecule has 0 aliphatic rings. The monoisotopic (exact) mass is 474 g/mol. The average Bonchev–Trinajstić information content (AvgIpc) is 3.45. The van der Waals surface area contributed by atoms with E-state index in [9.17, 15) is 5.11 Å². The molecule has 0 fully saturated rings. The maximum atomic E-state index is 15.1. The van der Waals surface area contributed by atoms with Crippen LogP contribution in [0.25, 0.3) is 0 Å². The van der Waals surface area contributed by atoms with Gasteiger partial charge in [0.2, 0.25) is 0 Å². The third-order valence-corrected chi connectivity index (χ3v) is 9.79. The van der Waals surface area contributed by atoms with Crippen molar-refractivity contribution in [2.24, 2.45) is 0 Å². The first-order valence-corrected chi connectivity index (χ1v) is 13.5. The molecule has 1 aromatic heterocycles. The smallest absolute Gasteiger partial charge is 0.149 e. The van der Waals surface area contributed by atoms with E-state index in [1.807, 2.05) is 91.0 Å². The maximum absolute atomic E-state index is 15.1. The summed E-state index contributed by atoms with van der Waals surface area (Å²) in [6.45, 7) is 2.52. The van der Waals surface area contributed by atoms with Crippen molar-refractivity contribution < 1.29 is 18.8 Å². The van der Waals surface area contributed by atoms with Gasteiger partial charge < -0.3 is 18.8 Å². The van der Waals surface area contributed by atoms with Crippen LogP contribution in [-0.4, -0.2) is 16.9 Å². The summed E-state index contributed by atoms with van der Waals surface area (Å²) in [5.41, 5.74) is 0.461. The predicted octanol–water partition coefficient (Wildman–Crippen LogP) is 6.08. The molecule has 4 aromatic rings. The highest BCUT2D eigenvalue weighted by atomic mass is 31.2. The molecule has 0 radical (unpaired) electrons. The molecule has 0 aliphatic carbocycles. The van der Waals surface area contributed by atoms with Crippen LogP contribution in [0.1, 0.15) is 37.2 Å². The fourth-order valence-electron chi connectivity index (χ4n) is 4.37. The van der Waals surface area contributed by atoms with Gasteiger partial charge in [-0.2, -0.15) is 0 Å². The Kier molecular flexibility index (Phi) is 8.18. The first-order chi connectivity index (χ1) is 16.6. The second kappa shape index (κ2) is 11.5. The van der Waals surface area contributed by atoms with E-state index >= 15 is 4.57 Å². The molecule has 3 aromatic carbocycles. The lowest BCUT2D eigenvalue weighted by atomic mass is 10.1. The second-order valence-electron chi connectivity index (χ2n) is 8.42. The van der Waals surface area contributed by atoms with Gasteiger partial charge in [-0.05, 0) is 30.5 Å². The molecule has 34 heavy (non-hydrogen) atoms. The third kappa shape index (κ3) is 5.42. The molecule has 4 nitrogen and oxygen atoms in total. The largest absolute Gasteiger partial charge is 0.467 e. The molecule has 0 amide bonds. The lowest BCUT2D eigenvalue weighted by molar-refractivity contribution is 0.0207. The highest BCUT2D eigenvalue weighted by Crippen LogP contribution is 2.55. The molecule has 5 heteroatoms. The summed E-state index contributed by atoms with van der Waals surface area (Å²) in [5.74, 6) is 0.412. The van der Waals surface area contributed by atoms with E-state index in [1.165, 1.54) is 6.26 Å². The summed E-state index contributed by atoms with van der Waals surface area (Å²) in [6, 6.07) is 32.5. The van der Waals surface area contributed by atoms with E-state index < -0.39 is 18.9 Å². The lowest BCUT2D eigenvalue weighted by Crippen LogP contribution is -2.34. The maximum Gasteiger partial charge on any atom is 0.149 e. The normalized spacial score (nSPS) is 14.4. The molecule has 0 bridgehead atoms. The van der Waals surface area contributed by atoms with Gasteiger partial charge in [0.05, 0.1) is 24.6 Å². The van der Waals surface area contributed by atoms with Gasteiger partial charge in [-0.25, -0.2) is 0 Å².